The molecule has 2 heteroatoms. The first-order chi connectivity index (χ1) is 5.22. The van der Waals surface area contributed by atoms with Gasteiger partial charge in [-0.05, 0) is 0 Å². The lowest BCUT2D eigenvalue weighted by Gasteiger charge is -1.92. The van der Waals surface area contributed by atoms with Gasteiger partial charge in [0.25, 0.3) is 0 Å². The second kappa shape index (κ2) is 3.52. The molecule has 0 radical (unpaired) electrons. The third-order valence-corrected chi connectivity index (χ3v) is 1.57. The van der Waals surface area contributed by atoms with Crippen molar-refractivity contribution < 1.29 is 6.17 Å². The first-order valence-electron chi connectivity index (χ1n) is 3.45. The molecule has 1 aromatic carbocycles. The average Bonchev–Trinajstić information content (AvgIpc) is 2.05. The summed E-state index contributed by atoms with van der Waals surface area (Å²) in [5.74, 6) is -0.203. The maximum absolute atomic E-state index is 11.1. The van der Waals surface area contributed by atoms with E-state index in [1.165, 1.54) is 0 Å². The minimum absolute atomic E-state index is 0.203. The standard InChI is InChI=1S/C8H7BrO/c9-6-8(10)7-4-2-1-3-5-7/h1-5H,6H2/i6D. The summed E-state index contributed by atoms with van der Waals surface area (Å²) in [6.07, 6.45) is 0. The SMILES string of the molecule is [2H]C(Br)C(=O)c1ccccc1. The molecule has 0 saturated carbocycles. The Morgan fingerprint density at radius 1 is 1.50 bits per heavy atom. The number of carbonyl (C=O) groups is 1. The van der Waals surface area contributed by atoms with Gasteiger partial charge >= 0.3 is 0 Å². The molecular formula is C8H7BrO. The van der Waals surface area contributed by atoms with Crippen LogP contribution in [0.15, 0.2) is 30.3 Å². The van der Waals surface area contributed by atoms with E-state index in [9.17, 15) is 4.79 Å². The van der Waals surface area contributed by atoms with Crippen LogP contribution < -0.4 is 0 Å². The number of rotatable bonds is 2. The highest BCUT2D eigenvalue weighted by Crippen LogP contribution is 2.01. The minimum Gasteiger partial charge on any atom is -0.293 e. The lowest BCUT2D eigenvalue weighted by atomic mass is 10.2. The van der Waals surface area contributed by atoms with Gasteiger partial charge in [0, 0.05) is 6.93 Å². The maximum atomic E-state index is 11.1. The van der Waals surface area contributed by atoms with Gasteiger partial charge in [-0.1, -0.05) is 46.3 Å². The van der Waals surface area contributed by atoms with Crippen molar-refractivity contribution in [2.75, 3.05) is 5.31 Å². The number of hydrogen-bond donors (Lipinski definition) is 0. The highest BCUT2D eigenvalue weighted by molar-refractivity contribution is 9.09. The van der Waals surface area contributed by atoms with Crippen molar-refractivity contribution in [1.82, 2.24) is 0 Å². The number of benzene rings is 1. The molecule has 1 unspecified atom stereocenters. The Hall–Kier alpha value is -0.630. The Labute approximate surface area is 69.6 Å². The second-order valence-corrected chi connectivity index (χ2v) is 2.30. The molecule has 0 N–H and O–H groups in total. The zero-order valence-corrected chi connectivity index (χ0v) is 6.84. The first kappa shape index (κ1) is 6.10. The van der Waals surface area contributed by atoms with Crippen LogP contribution in [0.4, 0.5) is 0 Å². The van der Waals surface area contributed by atoms with E-state index in [1.807, 2.05) is 6.07 Å². The zero-order valence-electron chi connectivity index (χ0n) is 6.25. The molecule has 1 rings (SSSR count). The number of alkyl halides is 1. The molecule has 0 aliphatic heterocycles. The number of hydrogen-bond acceptors (Lipinski definition) is 1. The third kappa shape index (κ3) is 1.67. The van der Waals surface area contributed by atoms with Gasteiger partial charge in [0.1, 0.15) is 0 Å². The first-order valence-corrected chi connectivity index (χ1v) is 3.79. The van der Waals surface area contributed by atoms with Gasteiger partial charge < -0.3 is 0 Å². The van der Waals surface area contributed by atoms with Gasteiger partial charge in [-0.3, -0.25) is 4.79 Å². The van der Waals surface area contributed by atoms with E-state index in [2.05, 4.69) is 15.9 Å². The third-order valence-electron chi connectivity index (χ3n) is 1.16. The number of Topliss-reactive ketones (excluding diaryl/α,β-unsaturated/α-hetero) is 1. The molecule has 0 aliphatic rings. The highest BCUT2D eigenvalue weighted by atomic mass is 79.9. The summed E-state index contributed by atoms with van der Waals surface area (Å²) in [6, 6.07) is 8.80. The predicted octanol–water partition coefficient (Wildman–Crippen LogP) is 2.26. The average molecular weight is 200 g/mol. The van der Waals surface area contributed by atoms with Crippen LogP contribution in [0.5, 0.6) is 0 Å². The molecule has 0 spiro atoms. The summed E-state index contributed by atoms with van der Waals surface area (Å²) < 4.78 is 7.09. The topological polar surface area (TPSA) is 17.1 Å². The summed E-state index contributed by atoms with van der Waals surface area (Å²) in [7, 11) is 0. The molecule has 52 valence electrons. The van der Waals surface area contributed by atoms with E-state index in [4.69, 9.17) is 1.37 Å². The van der Waals surface area contributed by atoms with Gasteiger partial charge in [0.15, 0.2) is 5.78 Å². The smallest absolute Gasteiger partial charge is 0.173 e. The van der Waals surface area contributed by atoms with E-state index in [0.29, 0.717) is 5.56 Å². The molecule has 0 bridgehead atoms. The Morgan fingerprint density at radius 3 is 2.60 bits per heavy atom. The Morgan fingerprint density at radius 2 is 2.10 bits per heavy atom. The monoisotopic (exact) mass is 199 g/mol. The van der Waals surface area contributed by atoms with Crippen molar-refractivity contribution in [3.63, 3.8) is 0 Å². The van der Waals surface area contributed by atoms with Crippen LogP contribution in [0.2, 0.25) is 0 Å². The summed E-state index contributed by atoms with van der Waals surface area (Å²) in [5.41, 5.74) is 0.573. The lowest BCUT2D eigenvalue weighted by molar-refractivity contribution is 0.102. The van der Waals surface area contributed by atoms with E-state index >= 15 is 0 Å². The Kier molecular flexibility index (Phi) is 2.15. The summed E-state index contributed by atoms with van der Waals surface area (Å²) in [5, 5.41) is -0.843. The quantitative estimate of drug-likeness (QED) is 0.528. The molecule has 1 nitrogen and oxygen atoms in total. The molecule has 1 aromatic rings. The molecular weight excluding hydrogens is 192 g/mol. The van der Waals surface area contributed by atoms with Crippen LogP contribution in [0.3, 0.4) is 0 Å². The summed E-state index contributed by atoms with van der Waals surface area (Å²) in [4.78, 5) is 11.1. The fourth-order valence-corrected chi connectivity index (χ4v) is 0.930. The fraction of sp³-hybridized carbons (Fsp3) is 0.125. The fourth-order valence-electron chi connectivity index (χ4n) is 0.665. The zero-order chi connectivity index (χ0) is 8.27. The lowest BCUT2D eigenvalue weighted by Crippen LogP contribution is -1.98. The summed E-state index contributed by atoms with van der Waals surface area (Å²) >= 11 is 2.89. The molecule has 0 aromatic heterocycles. The van der Waals surface area contributed by atoms with Crippen molar-refractivity contribution in [1.29, 1.82) is 0 Å². The van der Waals surface area contributed by atoms with Crippen molar-refractivity contribution in [3.05, 3.63) is 35.9 Å². The van der Waals surface area contributed by atoms with Gasteiger partial charge in [0.05, 0.1) is 5.31 Å². The normalized spacial score (nSPS) is 13.9. The van der Waals surface area contributed by atoms with Crippen LogP contribution in [0.1, 0.15) is 11.7 Å². The Balaban J connectivity index is 2.86. The van der Waals surface area contributed by atoms with Crippen LogP contribution in [-0.4, -0.2) is 11.1 Å². The number of halogens is 1. The number of ketones is 1. The van der Waals surface area contributed by atoms with E-state index < -0.39 is 5.31 Å². The minimum atomic E-state index is -0.843. The van der Waals surface area contributed by atoms with Crippen LogP contribution in [0, 0.1) is 0 Å². The number of carbonyl (C=O) groups excluding carboxylic acids is 1. The molecule has 0 fully saturated rings. The van der Waals surface area contributed by atoms with Crippen molar-refractivity contribution in [2.45, 2.75) is 0 Å². The van der Waals surface area contributed by atoms with E-state index in [1.54, 1.807) is 24.3 Å². The van der Waals surface area contributed by atoms with Gasteiger partial charge in [-0.2, -0.15) is 0 Å². The Bertz CT molecular complexity index is 246. The molecule has 0 saturated heterocycles. The van der Waals surface area contributed by atoms with Crippen molar-refractivity contribution in [2.24, 2.45) is 0 Å². The van der Waals surface area contributed by atoms with Gasteiger partial charge in [-0.15, -0.1) is 0 Å². The summed E-state index contributed by atoms with van der Waals surface area (Å²) in [6.45, 7) is 0. The van der Waals surface area contributed by atoms with Crippen LogP contribution in [-0.2, 0) is 0 Å². The molecule has 0 amide bonds. The molecule has 10 heavy (non-hydrogen) atoms. The van der Waals surface area contributed by atoms with Crippen molar-refractivity contribution in [3.8, 4) is 0 Å². The van der Waals surface area contributed by atoms with Crippen LogP contribution in [0.25, 0.3) is 0 Å². The predicted molar refractivity (Wildman–Crippen MR) is 44.6 cm³/mol. The second-order valence-electron chi connectivity index (χ2n) is 1.84. The van der Waals surface area contributed by atoms with Gasteiger partial charge in [0.2, 0.25) is 0 Å². The largest absolute Gasteiger partial charge is 0.293 e. The van der Waals surface area contributed by atoms with E-state index in [-0.39, 0.29) is 5.78 Å². The van der Waals surface area contributed by atoms with Crippen LogP contribution >= 0.6 is 15.9 Å². The van der Waals surface area contributed by atoms with Crippen molar-refractivity contribution >= 4 is 21.7 Å². The molecule has 0 aliphatic carbocycles. The molecule has 1 atom stereocenters. The van der Waals surface area contributed by atoms with Gasteiger partial charge in [-0.25, -0.2) is 0 Å². The molecule has 0 heterocycles. The van der Waals surface area contributed by atoms with E-state index in [0.717, 1.165) is 0 Å². The highest BCUT2D eigenvalue weighted by Gasteiger charge is 1.99. The maximum Gasteiger partial charge on any atom is 0.173 e.